The van der Waals surface area contributed by atoms with Crippen molar-refractivity contribution in [2.75, 3.05) is 16.8 Å². The molecule has 10 heteroatoms. The molecule has 34 heavy (non-hydrogen) atoms. The monoisotopic (exact) mass is 491 g/mol. The first-order chi connectivity index (χ1) is 16.0. The second-order valence-electron chi connectivity index (χ2n) is 8.28. The quantitative estimate of drug-likeness (QED) is 0.122. The number of nitrogens with zero attached hydrogens (tertiary/aromatic N) is 2. The zero-order chi connectivity index (χ0) is 25.7. The fourth-order valence-electron chi connectivity index (χ4n) is 2.99. The highest BCUT2D eigenvalue weighted by Crippen LogP contribution is 2.26. The summed E-state index contributed by atoms with van der Waals surface area (Å²) in [6, 6.07) is 1.97. The smallest absolute Gasteiger partial charge is 0.326 e. The van der Waals surface area contributed by atoms with E-state index in [4.69, 9.17) is 0 Å². The molecule has 0 bridgehead atoms. The van der Waals surface area contributed by atoms with E-state index in [-0.39, 0.29) is 11.4 Å². The molecule has 0 saturated heterocycles. The van der Waals surface area contributed by atoms with Crippen molar-refractivity contribution < 1.29 is 19.7 Å². The van der Waals surface area contributed by atoms with Crippen LogP contribution >= 0.6 is 11.8 Å². The summed E-state index contributed by atoms with van der Waals surface area (Å²) >= 11 is 1.40. The largest absolute Gasteiger partial charge is 0.480 e. The van der Waals surface area contributed by atoms with Crippen LogP contribution < -0.4 is 5.32 Å². The van der Waals surface area contributed by atoms with E-state index >= 15 is 0 Å². The van der Waals surface area contributed by atoms with Gasteiger partial charge in [0.25, 0.3) is 11.4 Å². The second-order valence-corrected chi connectivity index (χ2v) is 9.36. The summed E-state index contributed by atoms with van der Waals surface area (Å²) in [6.07, 6.45) is 10.6. The van der Waals surface area contributed by atoms with Crippen LogP contribution in [0.1, 0.15) is 53.4 Å². The van der Waals surface area contributed by atoms with E-state index in [1.807, 2.05) is 6.92 Å². The van der Waals surface area contributed by atoms with Crippen LogP contribution in [-0.4, -0.2) is 38.5 Å². The van der Waals surface area contributed by atoms with Crippen LogP contribution in [-0.2, 0) is 4.79 Å². The lowest BCUT2D eigenvalue weighted by molar-refractivity contribution is -0.394. The lowest BCUT2D eigenvalue weighted by atomic mass is 10.1. The Morgan fingerprint density at radius 1 is 0.971 bits per heavy atom. The average molecular weight is 492 g/mol. The number of hydrogen-bond donors (Lipinski definition) is 2. The first-order valence-corrected chi connectivity index (χ1v) is 12.1. The summed E-state index contributed by atoms with van der Waals surface area (Å²) in [5.74, 6) is -0.328. The highest BCUT2D eigenvalue weighted by atomic mass is 32.2. The van der Waals surface area contributed by atoms with Gasteiger partial charge in [-0.2, -0.15) is 11.8 Å². The van der Waals surface area contributed by atoms with Crippen LogP contribution in [0.15, 0.2) is 53.1 Å². The normalized spacial score (nSPS) is 12.7. The van der Waals surface area contributed by atoms with E-state index in [0.29, 0.717) is 5.75 Å². The maximum absolute atomic E-state index is 11.6. The lowest BCUT2D eigenvalue weighted by Crippen LogP contribution is -2.31. The van der Waals surface area contributed by atoms with Gasteiger partial charge in [0.15, 0.2) is 0 Å². The van der Waals surface area contributed by atoms with Gasteiger partial charge in [0.05, 0.1) is 15.9 Å². The van der Waals surface area contributed by atoms with E-state index in [1.165, 1.54) is 28.5 Å². The molecule has 0 saturated carbocycles. The number of allylic oxidation sites excluding steroid dienone is 5. The summed E-state index contributed by atoms with van der Waals surface area (Å²) in [5.41, 5.74) is 2.98. The number of nitrogens with one attached hydrogen (secondary N) is 1. The molecule has 186 valence electrons. The van der Waals surface area contributed by atoms with Gasteiger partial charge < -0.3 is 10.4 Å². The van der Waals surface area contributed by atoms with Crippen molar-refractivity contribution in [2.45, 2.75) is 59.4 Å². The second kappa shape index (κ2) is 14.9. The van der Waals surface area contributed by atoms with Crippen molar-refractivity contribution in [2.24, 2.45) is 0 Å². The number of hydrogen-bond acceptors (Lipinski definition) is 7. The van der Waals surface area contributed by atoms with Gasteiger partial charge in [-0.05, 0) is 53.4 Å². The van der Waals surface area contributed by atoms with Crippen LogP contribution in [0.2, 0.25) is 0 Å². The van der Waals surface area contributed by atoms with E-state index in [9.17, 15) is 30.1 Å². The fraction of sp³-hybridized carbons (Fsp3) is 0.458. The molecule has 0 spiro atoms. The summed E-state index contributed by atoms with van der Waals surface area (Å²) in [4.78, 5) is 32.2. The molecule has 0 aliphatic carbocycles. The van der Waals surface area contributed by atoms with E-state index in [2.05, 4.69) is 44.3 Å². The number of aliphatic carboxylic acids is 1. The maximum Gasteiger partial charge on any atom is 0.326 e. The van der Waals surface area contributed by atoms with E-state index in [1.54, 1.807) is 0 Å². The van der Waals surface area contributed by atoms with Gasteiger partial charge >= 0.3 is 5.97 Å². The minimum absolute atomic E-state index is 0.0207. The Morgan fingerprint density at radius 3 is 2.00 bits per heavy atom. The van der Waals surface area contributed by atoms with Gasteiger partial charge in [-0.3, -0.25) is 20.2 Å². The number of nitro groups is 2. The Balaban J connectivity index is 2.59. The molecule has 9 nitrogen and oxygen atoms in total. The Labute approximate surface area is 204 Å². The minimum atomic E-state index is -1.14. The number of carboxylic acids is 1. The molecule has 0 fully saturated rings. The topological polar surface area (TPSA) is 136 Å². The van der Waals surface area contributed by atoms with Crippen molar-refractivity contribution in [3.63, 3.8) is 0 Å². The van der Waals surface area contributed by atoms with Crippen LogP contribution in [0, 0.1) is 20.2 Å². The van der Waals surface area contributed by atoms with Crippen molar-refractivity contribution in [3.05, 3.63) is 73.4 Å². The highest BCUT2D eigenvalue weighted by Gasteiger charge is 2.21. The predicted octanol–water partition coefficient (Wildman–Crippen LogP) is 6.52. The third-order valence-corrected chi connectivity index (χ3v) is 5.89. The fourth-order valence-corrected chi connectivity index (χ4v) is 3.99. The Kier molecular flexibility index (Phi) is 12.7. The van der Waals surface area contributed by atoms with Gasteiger partial charge in [0, 0.05) is 29.3 Å². The van der Waals surface area contributed by atoms with E-state index in [0.717, 1.165) is 43.9 Å². The third kappa shape index (κ3) is 11.6. The molecule has 2 N–H and O–H groups in total. The molecule has 0 aromatic heterocycles. The van der Waals surface area contributed by atoms with Crippen LogP contribution in [0.3, 0.4) is 0 Å². The highest BCUT2D eigenvalue weighted by molar-refractivity contribution is 7.99. The maximum atomic E-state index is 11.6. The number of carbonyl (C=O) groups is 1. The molecule has 0 amide bonds. The summed E-state index contributed by atoms with van der Waals surface area (Å²) in [6.45, 7) is 8.38. The number of thioether (sulfide) groups is 1. The molecule has 0 radical (unpaired) electrons. The predicted molar refractivity (Wildman–Crippen MR) is 138 cm³/mol. The van der Waals surface area contributed by atoms with Crippen LogP contribution in [0.25, 0.3) is 0 Å². The Morgan fingerprint density at radius 2 is 1.50 bits per heavy atom. The summed E-state index contributed by atoms with van der Waals surface area (Å²) in [5, 5.41) is 34.2. The molecule has 0 aliphatic rings. The first kappa shape index (κ1) is 28.9. The molecule has 1 aromatic rings. The number of nitro benzene ring substituents is 2. The van der Waals surface area contributed by atoms with Crippen molar-refractivity contribution in [1.82, 2.24) is 0 Å². The number of benzene rings is 1. The summed E-state index contributed by atoms with van der Waals surface area (Å²) in [7, 11) is 0. The Hall–Kier alpha value is -3.14. The average Bonchev–Trinajstić information content (AvgIpc) is 2.75. The van der Waals surface area contributed by atoms with Crippen molar-refractivity contribution >= 4 is 34.8 Å². The zero-order valence-electron chi connectivity index (χ0n) is 20.1. The summed E-state index contributed by atoms with van der Waals surface area (Å²) < 4.78 is 0. The molecule has 0 aliphatic heterocycles. The SMILES string of the molecule is CC(C)=CCC/C(C)=C/CC/C(C)=C/CSCC(Nc1cc([N+](=O)[O-])cc([N+](=O)[O-])c1)C(=O)O. The zero-order valence-corrected chi connectivity index (χ0v) is 20.9. The lowest BCUT2D eigenvalue weighted by Gasteiger charge is -2.15. The van der Waals surface area contributed by atoms with Crippen LogP contribution in [0.4, 0.5) is 17.1 Å². The number of non-ortho nitro benzene ring substituents is 2. The van der Waals surface area contributed by atoms with Crippen molar-refractivity contribution in [1.29, 1.82) is 0 Å². The molecular weight excluding hydrogens is 458 g/mol. The van der Waals surface area contributed by atoms with Crippen LogP contribution in [0.5, 0.6) is 0 Å². The van der Waals surface area contributed by atoms with Gasteiger partial charge in [-0.25, -0.2) is 4.79 Å². The number of anilines is 1. The molecule has 1 unspecified atom stereocenters. The minimum Gasteiger partial charge on any atom is -0.480 e. The molecule has 1 aromatic carbocycles. The molecule has 1 atom stereocenters. The van der Waals surface area contributed by atoms with Crippen molar-refractivity contribution in [3.8, 4) is 0 Å². The first-order valence-electron chi connectivity index (χ1n) is 10.9. The Bertz CT molecular complexity index is 935. The standard InChI is InChI=1S/C24H33N3O6S/c1-17(2)7-5-8-18(3)9-6-10-19(4)11-12-34-16-23(24(28)29)25-20-13-21(26(30)31)15-22(14-20)27(32)33/h7,9,11,13-15,23,25H,5-6,8,10,12,16H2,1-4H3,(H,28,29)/b18-9+,19-11+. The third-order valence-electron chi connectivity index (χ3n) is 4.92. The van der Waals surface area contributed by atoms with Gasteiger partial charge in [0.2, 0.25) is 0 Å². The molecule has 1 rings (SSSR count). The molecule has 0 heterocycles. The van der Waals surface area contributed by atoms with Gasteiger partial charge in [-0.15, -0.1) is 0 Å². The number of rotatable bonds is 15. The number of carboxylic acid groups (broad SMARTS) is 1. The molecular formula is C24H33N3O6S. The van der Waals surface area contributed by atoms with Gasteiger partial charge in [0.1, 0.15) is 6.04 Å². The van der Waals surface area contributed by atoms with E-state index < -0.39 is 33.2 Å². The van der Waals surface area contributed by atoms with Gasteiger partial charge in [-0.1, -0.05) is 34.9 Å².